The molecule has 0 aliphatic rings. The Balaban J connectivity index is 2.43. The van der Waals surface area contributed by atoms with Gasteiger partial charge in [-0.05, 0) is 30.3 Å². The fraction of sp³-hybridized carbons (Fsp3) is 0.133. The third-order valence-corrected chi connectivity index (χ3v) is 2.86. The minimum absolute atomic E-state index is 0.0265. The first-order chi connectivity index (χ1) is 10.1. The first-order valence-corrected chi connectivity index (χ1v) is 6.08. The van der Waals surface area contributed by atoms with E-state index in [0.717, 1.165) is 0 Å². The number of nitrogen functional groups attached to an aromatic ring is 1. The molecular formula is C15H15NO5. The molecule has 0 aliphatic heterocycles. The summed E-state index contributed by atoms with van der Waals surface area (Å²) in [4.78, 5) is 11.1. The number of benzene rings is 2. The summed E-state index contributed by atoms with van der Waals surface area (Å²) in [5.41, 5.74) is 5.75. The molecule has 0 aliphatic carbocycles. The van der Waals surface area contributed by atoms with E-state index < -0.39 is 5.97 Å². The van der Waals surface area contributed by atoms with Gasteiger partial charge in [-0.2, -0.15) is 0 Å². The molecule has 0 fully saturated rings. The summed E-state index contributed by atoms with van der Waals surface area (Å²) in [6.45, 7) is 0. The zero-order valence-electron chi connectivity index (χ0n) is 11.6. The number of hydrogen-bond acceptors (Lipinski definition) is 5. The summed E-state index contributed by atoms with van der Waals surface area (Å²) < 4.78 is 16.1. The SMILES string of the molecule is COc1cccc(OC)c1Oc1ccc(N)c(C(=O)O)c1. The lowest BCUT2D eigenvalue weighted by Crippen LogP contribution is -2.02. The van der Waals surface area contributed by atoms with Crippen molar-refractivity contribution >= 4 is 11.7 Å². The number of hydrogen-bond donors (Lipinski definition) is 2. The predicted molar refractivity (Wildman–Crippen MR) is 77.4 cm³/mol. The molecule has 0 bridgehead atoms. The highest BCUT2D eigenvalue weighted by molar-refractivity contribution is 5.94. The van der Waals surface area contributed by atoms with Crippen LogP contribution >= 0.6 is 0 Å². The van der Waals surface area contributed by atoms with E-state index in [1.165, 1.54) is 26.4 Å². The van der Waals surface area contributed by atoms with Crippen molar-refractivity contribution in [3.05, 3.63) is 42.0 Å². The molecule has 0 aromatic heterocycles. The lowest BCUT2D eigenvalue weighted by Gasteiger charge is -2.14. The molecule has 110 valence electrons. The Morgan fingerprint density at radius 1 is 1.10 bits per heavy atom. The number of methoxy groups -OCH3 is 2. The Bertz CT molecular complexity index is 647. The second-order valence-electron chi connectivity index (χ2n) is 4.15. The van der Waals surface area contributed by atoms with Crippen LogP contribution in [0.2, 0.25) is 0 Å². The molecule has 0 radical (unpaired) electrons. The predicted octanol–water partition coefficient (Wildman–Crippen LogP) is 2.78. The van der Waals surface area contributed by atoms with Crippen LogP contribution < -0.4 is 19.9 Å². The van der Waals surface area contributed by atoms with Gasteiger partial charge < -0.3 is 25.1 Å². The van der Waals surface area contributed by atoms with Crippen LogP contribution in [0.4, 0.5) is 5.69 Å². The number of aromatic carboxylic acids is 1. The van der Waals surface area contributed by atoms with Gasteiger partial charge in [0.25, 0.3) is 0 Å². The molecule has 3 N–H and O–H groups in total. The topological polar surface area (TPSA) is 91.0 Å². The van der Waals surface area contributed by atoms with Gasteiger partial charge >= 0.3 is 5.97 Å². The van der Waals surface area contributed by atoms with Crippen molar-refractivity contribution in [2.24, 2.45) is 0 Å². The zero-order valence-corrected chi connectivity index (χ0v) is 11.6. The fourth-order valence-corrected chi connectivity index (χ4v) is 1.82. The van der Waals surface area contributed by atoms with Crippen LogP contribution in [0.5, 0.6) is 23.0 Å². The van der Waals surface area contributed by atoms with E-state index in [2.05, 4.69) is 0 Å². The minimum atomic E-state index is -1.12. The molecule has 2 aromatic carbocycles. The zero-order chi connectivity index (χ0) is 15.4. The van der Waals surface area contributed by atoms with Gasteiger partial charge in [0.15, 0.2) is 11.5 Å². The molecule has 0 spiro atoms. The number of anilines is 1. The third-order valence-electron chi connectivity index (χ3n) is 2.86. The Hall–Kier alpha value is -2.89. The summed E-state index contributed by atoms with van der Waals surface area (Å²) in [6.07, 6.45) is 0. The van der Waals surface area contributed by atoms with Crippen LogP contribution in [0, 0.1) is 0 Å². The maximum atomic E-state index is 11.1. The summed E-state index contributed by atoms with van der Waals surface area (Å²) in [7, 11) is 3.01. The number of nitrogens with two attached hydrogens (primary N) is 1. The summed E-state index contributed by atoms with van der Waals surface area (Å²) >= 11 is 0. The van der Waals surface area contributed by atoms with Crippen molar-refractivity contribution < 1.29 is 24.1 Å². The van der Waals surface area contributed by atoms with Crippen molar-refractivity contribution in [2.45, 2.75) is 0 Å². The van der Waals surface area contributed by atoms with E-state index in [9.17, 15) is 4.79 Å². The van der Waals surface area contributed by atoms with Crippen LogP contribution in [0.1, 0.15) is 10.4 Å². The summed E-state index contributed by atoms with van der Waals surface area (Å²) in [5.74, 6) is 0.518. The van der Waals surface area contributed by atoms with Crippen LogP contribution in [-0.2, 0) is 0 Å². The molecule has 0 saturated carbocycles. The van der Waals surface area contributed by atoms with Gasteiger partial charge in [-0.3, -0.25) is 0 Å². The number of ether oxygens (including phenoxy) is 3. The smallest absolute Gasteiger partial charge is 0.337 e. The van der Waals surface area contributed by atoms with Gasteiger partial charge in [0.1, 0.15) is 5.75 Å². The van der Waals surface area contributed by atoms with E-state index in [-0.39, 0.29) is 11.3 Å². The molecule has 2 aromatic rings. The molecule has 0 unspecified atom stereocenters. The number of rotatable bonds is 5. The number of carbonyl (C=O) groups is 1. The van der Waals surface area contributed by atoms with Crippen molar-refractivity contribution in [1.82, 2.24) is 0 Å². The molecule has 0 heterocycles. The average molecular weight is 289 g/mol. The molecular weight excluding hydrogens is 274 g/mol. The van der Waals surface area contributed by atoms with E-state index >= 15 is 0 Å². The summed E-state index contributed by atoms with van der Waals surface area (Å²) in [5, 5.41) is 9.07. The largest absolute Gasteiger partial charge is 0.493 e. The molecule has 0 atom stereocenters. The van der Waals surface area contributed by atoms with E-state index in [0.29, 0.717) is 23.0 Å². The Morgan fingerprint density at radius 3 is 2.24 bits per heavy atom. The van der Waals surface area contributed by atoms with Gasteiger partial charge in [0.2, 0.25) is 5.75 Å². The monoisotopic (exact) mass is 289 g/mol. The maximum Gasteiger partial charge on any atom is 0.337 e. The van der Waals surface area contributed by atoms with Gasteiger partial charge in [-0.15, -0.1) is 0 Å². The number of para-hydroxylation sites is 1. The average Bonchev–Trinajstić information content (AvgIpc) is 2.49. The molecule has 0 amide bonds. The number of carboxylic acid groups (broad SMARTS) is 1. The lowest BCUT2D eigenvalue weighted by atomic mass is 10.1. The van der Waals surface area contributed by atoms with Crippen LogP contribution in [0.25, 0.3) is 0 Å². The minimum Gasteiger partial charge on any atom is -0.493 e. The number of carboxylic acids is 1. The summed E-state index contributed by atoms with van der Waals surface area (Å²) in [6, 6.07) is 9.59. The van der Waals surface area contributed by atoms with Gasteiger partial charge in [-0.25, -0.2) is 4.79 Å². The van der Waals surface area contributed by atoms with Crippen molar-refractivity contribution in [3.63, 3.8) is 0 Å². The van der Waals surface area contributed by atoms with Gasteiger partial charge in [-0.1, -0.05) is 6.07 Å². The second kappa shape index (κ2) is 6.04. The molecule has 0 saturated heterocycles. The lowest BCUT2D eigenvalue weighted by molar-refractivity contribution is 0.0697. The van der Waals surface area contributed by atoms with Gasteiger partial charge in [0.05, 0.1) is 19.8 Å². The second-order valence-corrected chi connectivity index (χ2v) is 4.15. The fourth-order valence-electron chi connectivity index (χ4n) is 1.82. The first kappa shape index (κ1) is 14.5. The Kier molecular flexibility index (Phi) is 4.18. The Labute approximate surface area is 121 Å². The molecule has 2 rings (SSSR count). The standard InChI is InChI=1S/C15H15NO5/c1-19-12-4-3-5-13(20-2)14(12)21-9-6-7-11(16)10(8-9)15(17)18/h3-8H,16H2,1-2H3,(H,17,18). The first-order valence-electron chi connectivity index (χ1n) is 6.08. The van der Waals surface area contributed by atoms with Crippen LogP contribution in [0.15, 0.2) is 36.4 Å². The Morgan fingerprint density at radius 2 is 1.71 bits per heavy atom. The van der Waals surface area contributed by atoms with Crippen molar-refractivity contribution in [2.75, 3.05) is 20.0 Å². The van der Waals surface area contributed by atoms with E-state index in [1.807, 2.05) is 0 Å². The third kappa shape index (κ3) is 3.00. The van der Waals surface area contributed by atoms with Crippen LogP contribution in [-0.4, -0.2) is 25.3 Å². The normalized spacial score (nSPS) is 10.0. The van der Waals surface area contributed by atoms with Crippen molar-refractivity contribution in [3.8, 4) is 23.0 Å². The molecule has 6 nitrogen and oxygen atoms in total. The van der Waals surface area contributed by atoms with E-state index in [4.69, 9.17) is 25.1 Å². The highest BCUT2D eigenvalue weighted by atomic mass is 16.5. The molecule has 6 heteroatoms. The highest BCUT2D eigenvalue weighted by Crippen LogP contribution is 2.40. The van der Waals surface area contributed by atoms with Gasteiger partial charge in [0, 0.05) is 5.69 Å². The quantitative estimate of drug-likeness (QED) is 0.822. The maximum absolute atomic E-state index is 11.1. The van der Waals surface area contributed by atoms with Crippen molar-refractivity contribution in [1.29, 1.82) is 0 Å². The molecule has 21 heavy (non-hydrogen) atoms. The highest BCUT2D eigenvalue weighted by Gasteiger charge is 2.15. The van der Waals surface area contributed by atoms with Crippen LogP contribution in [0.3, 0.4) is 0 Å². The van der Waals surface area contributed by atoms with E-state index in [1.54, 1.807) is 24.3 Å².